The van der Waals surface area contributed by atoms with Crippen LogP contribution in [0.25, 0.3) is 116 Å². The Morgan fingerprint density at radius 3 is 1.56 bits per heavy atom. The third-order valence-electron chi connectivity index (χ3n) is 12.0. The van der Waals surface area contributed by atoms with Gasteiger partial charge in [-0.2, -0.15) is 0 Å². The van der Waals surface area contributed by atoms with Crippen LogP contribution in [0.15, 0.2) is 212 Å². The first-order valence-corrected chi connectivity index (χ1v) is 20.2. The minimum atomic E-state index is 0.647. The van der Waals surface area contributed by atoms with Gasteiger partial charge in [-0.15, -0.1) is 0 Å². The second-order valence-corrected chi connectivity index (χ2v) is 15.3. The van der Waals surface area contributed by atoms with Gasteiger partial charge in [0.15, 0.2) is 0 Å². The lowest BCUT2D eigenvalue weighted by molar-refractivity contribution is 1.01. The minimum absolute atomic E-state index is 0.647. The molecule has 0 spiro atoms. The fraction of sp³-hybridized carbons (Fsp3) is 0. The molecular formula is C56H35N3. The van der Waals surface area contributed by atoms with Crippen LogP contribution in [0.2, 0.25) is 0 Å². The molecule has 2 aromatic heterocycles. The lowest BCUT2D eigenvalue weighted by atomic mass is 9.91. The Balaban J connectivity index is 1.10. The van der Waals surface area contributed by atoms with Gasteiger partial charge in [0, 0.05) is 21.7 Å². The molecule has 0 amide bonds. The van der Waals surface area contributed by atoms with Crippen LogP contribution in [0.1, 0.15) is 0 Å². The van der Waals surface area contributed by atoms with E-state index < -0.39 is 0 Å². The molecule has 3 heteroatoms. The van der Waals surface area contributed by atoms with Crippen molar-refractivity contribution < 1.29 is 0 Å². The van der Waals surface area contributed by atoms with Gasteiger partial charge in [-0.3, -0.25) is 4.57 Å². The Morgan fingerprint density at radius 1 is 0.305 bits per heavy atom. The fourth-order valence-corrected chi connectivity index (χ4v) is 9.23. The molecule has 2 heterocycles. The van der Waals surface area contributed by atoms with Crippen LogP contribution >= 0.6 is 0 Å². The molecule has 12 aromatic rings. The third kappa shape index (κ3) is 5.36. The molecule has 12 rings (SSSR count). The van der Waals surface area contributed by atoms with E-state index in [0.717, 1.165) is 38.8 Å². The lowest BCUT2D eigenvalue weighted by Gasteiger charge is -2.14. The minimum Gasteiger partial charge on any atom is -0.278 e. The molecule has 10 aromatic carbocycles. The molecule has 0 aliphatic heterocycles. The number of para-hydroxylation sites is 1. The van der Waals surface area contributed by atoms with Crippen LogP contribution < -0.4 is 0 Å². The average molecular weight is 750 g/mol. The molecule has 0 atom stereocenters. The number of benzene rings is 10. The number of aromatic nitrogens is 3. The first-order chi connectivity index (χ1) is 29.3. The van der Waals surface area contributed by atoms with Crippen LogP contribution in [-0.4, -0.2) is 14.5 Å². The van der Waals surface area contributed by atoms with E-state index in [9.17, 15) is 0 Å². The van der Waals surface area contributed by atoms with E-state index in [-0.39, 0.29) is 0 Å². The first kappa shape index (κ1) is 33.3. The second-order valence-electron chi connectivity index (χ2n) is 15.3. The van der Waals surface area contributed by atoms with E-state index in [4.69, 9.17) is 9.97 Å². The maximum atomic E-state index is 5.53. The van der Waals surface area contributed by atoms with Gasteiger partial charge in [0.1, 0.15) is 0 Å². The molecule has 0 radical (unpaired) electrons. The molecule has 59 heavy (non-hydrogen) atoms. The summed E-state index contributed by atoms with van der Waals surface area (Å²) in [4.78, 5) is 10.9. The highest BCUT2D eigenvalue weighted by atomic mass is 15.2. The van der Waals surface area contributed by atoms with Gasteiger partial charge in [0.25, 0.3) is 0 Å². The van der Waals surface area contributed by atoms with E-state index in [0.29, 0.717) is 5.95 Å². The van der Waals surface area contributed by atoms with Gasteiger partial charge in [0.05, 0.1) is 22.2 Å². The molecule has 0 aliphatic carbocycles. The predicted molar refractivity (Wildman–Crippen MR) is 248 cm³/mol. The van der Waals surface area contributed by atoms with E-state index in [1.165, 1.54) is 70.9 Å². The Hall–Kier alpha value is -7.88. The summed E-state index contributed by atoms with van der Waals surface area (Å²) in [5, 5.41) is 10.7. The average Bonchev–Trinajstić information content (AvgIpc) is 3.66. The zero-order valence-corrected chi connectivity index (χ0v) is 32.0. The summed E-state index contributed by atoms with van der Waals surface area (Å²) in [5.74, 6) is 0.647. The van der Waals surface area contributed by atoms with Crippen molar-refractivity contribution in [1.29, 1.82) is 0 Å². The Bertz CT molecular complexity index is 3580. The summed E-state index contributed by atoms with van der Waals surface area (Å²) in [6, 6.07) is 76.3. The Morgan fingerprint density at radius 2 is 0.831 bits per heavy atom. The highest BCUT2D eigenvalue weighted by molar-refractivity contribution is 6.30. The molecule has 0 aliphatic rings. The number of rotatable bonds is 5. The van der Waals surface area contributed by atoms with Gasteiger partial charge in [0.2, 0.25) is 5.95 Å². The maximum Gasteiger partial charge on any atom is 0.235 e. The van der Waals surface area contributed by atoms with Crippen LogP contribution in [0.4, 0.5) is 0 Å². The highest BCUT2D eigenvalue weighted by Gasteiger charge is 2.22. The van der Waals surface area contributed by atoms with Crippen molar-refractivity contribution in [2.24, 2.45) is 0 Å². The fourth-order valence-electron chi connectivity index (χ4n) is 9.23. The van der Waals surface area contributed by atoms with E-state index >= 15 is 0 Å². The lowest BCUT2D eigenvalue weighted by Crippen LogP contribution is -2.03. The summed E-state index contributed by atoms with van der Waals surface area (Å²) >= 11 is 0. The highest BCUT2D eigenvalue weighted by Crippen LogP contribution is 2.45. The Labute approximate surface area is 341 Å². The molecule has 0 bridgehead atoms. The zero-order chi connectivity index (χ0) is 38.9. The Kier molecular flexibility index (Phi) is 7.54. The maximum absolute atomic E-state index is 5.53. The third-order valence-corrected chi connectivity index (χ3v) is 12.0. The standard InChI is InChI=1S/C56H35N3/c1-2-13-36(14-3-1)37-25-27-38(28-26-37)39-29-31-42(32-30-39)55-48-22-10-11-24-50(48)57-56(58-55)59-51-34-33-41-16-5-7-19-44(41)53(51)54-47-21-9-8-20-46(47)49(35-52(54)59)45-23-12-17-40-15-4-6-18-43(40)45/h1-35H. The van der Waals surface area contributed by atoms with Crippen molar-refractivity contribution in [3.63, 3.8) is 0 Å². The summed E-state index contributed by atoms with van der Waals surface area (Å²) in [6.07, 6.45) is 0. The van der Waals surface area contributed by atoms with Gasteiger partial charge in [-0.25, -0.2) is 9.97 Å². The van der Waals surface area contributed by atoms with Crippen molar-refractivity contribution in [2.75, 3.05) is 0 Å². The van der Waals surface area contributed by atoms with Gasteiger partial charge in [-0.1, -0.05) is 194 Å². The van der Waals surface area contributed by atoms with Crippen LogP contribution in [0.5, 0.6) is 0 Å². The molecule has 0 unspecified atom stereocenters. The normalized spacial score (nSPS) is 11.7. The van der Waals surface area contributed by atoms with E-state index in [1.54, 1.807) is 0 Å². The zero-order valence-electron chi connectivity index (χ0n) is 32.0. The number of fused-ring (bicyclic) bond motifs is 9. The largest absolute Gasteiger partial charge is 0.278 e. The molecule has 3 nitrogen and oxygen atoms in total. The van der Waals surface area contributed by atoms with Crippen LogP contribution in [0, 0.1) is 0 Å². The van der Waals surface area contributed by atoms with E-state index in [2.05, 4.69) is 217 Å². The number of nitrogens with zero attached hydrogens (tertiary/aromatic N) is 3. The van der Waals surface area contributed by atoms with Gasteiger partial charge < -0.3 is 0 Å². The van der Waals surface area contributed by atoms with Crippen LogP contribution in [0.3, 0.4) is 0 Å². The molecule has 0 saturated heterocycles. The number of hydrogen-bond acceptors (Lipinski definition) is 2. The smallest absolute Gasteiger partial charge is 0.235 e. The molecular weight excluding hydrogens is 715 g/mol. The second kappa shape index (κ2) is 13.4. The molecule has 0 saturated carbocycles. The van der Waals surface area contributed by atoms with Gasteiger partial charge >= 0.3 is 0 Å². The summed E-state index contributed by atoms with van der Waals surface area (Å²) < 4.78 is 2.30. The van der Waals surface area contributed by atoms with Gasteiger partial charge in [-0.05, 0) is 83.9 Å². The predicted octanol–water partition coefficient (Wildman–Crippen LogP) is 14.9. The van der Waals surface area contributed by atoms with Crippen molar-refractivity contribution in [1.82, 2.24) is 14.5 Å². The number of hydrogen-bond donors (Lipinski definition) is 0. The van der Waals surface area contributed by atoms with Crippen molar-refractivity contribution in [3.05, 3.63) is 212 Å². The topological polar surface area (TPSA) is 30.7 Å². The van der Waals surface area contributed by atoms with Crippen molar-refractivity contribution >= 4 is 65.0 Å². The van der Waals surface area contributed by atoms with Crippen LogP contribution in [-0.2, 0) is 0 Å². The van der Waals surface area contributed by atoms with E-state index in [1.807, 2.05) is 0 Å². The monoisotopic (exact) mass is 749 g/mol. The first-order valence-electron chi connectivity index (χ1n) is 20.2. The quantitative estimate of drug-likeness (QED) is 0.175. The molecule has 0 N–H and O–H groups in total. The summed E-state index contributed by atoms with van der Waals surface area (Å²) in [7, 11) is 0. The van der Waals surface area contributed by atoms with Crippen molar-refractivity contribution in [2.45, 2.75) is 0 Å². The molecule has 0 fully saturated rings. The summed E-state index contributed by atoms with van der Waals surface area (Å²) in [5.41, 5.74) is 12.2. The summed E-state index contributed by atoms with van der Waals surface area (Å²) in [6.45, 7) is 0. The molecule has 274 valence electrons. The SMILES string of the molecule is c1ccc(-c2ccc(-c3ccc(-c4nc(-n5c6ccc7ccccc7c6c6c7ccccc7c(-c7cccc8ccccc78)cc65)nc5ccccc45)cc3)cc2)cc1. The van der Waals surface area contributed by atoms with Crippen molar-refractivity contribution in [3.8, 4) is 50.6 Å².